The number of nitrogens with one attached hydrogen (secondary N) is 1. The first-order valence-electron chi connectivity index (χ1n) is 6.39. The van der Waals surface area contributed by atoms with Gasteiger partial charge in [0.1, 0.15) is 17.6 Å². The second kappa shape index (κ2) is 6.58. The lowest BCUT2D eigenvalue weighted by atomic mass is 10.1. The number of hydrogen-bond donors (Lipinski definition) is 1. The minimum atomic E-state index is -0.476. The van der Waals surface area contributed by atoms with Crippen molar-refractivity contribution in [1.82, 2.24) is 0 Å². The molecular formula is C16H15FN2O. The number of anilines is 1. The quantitative estimate of drug-likeness (QED) is 0.900. The number of ether oxygens (including phenoxy) is 1. The number of benzene rings is 2. The zero-order chi connectivity index (χ0) is 14.4. The van der Waals surface area contributed by atoms with Gasteiger partial charge in [-0.05, 0) is 25.1 Å². The summed E-state index contributed by atoms with van der Waals surface area (Å²) >= 11 is 0. The third-order valence-electron chi connectivity index (χ3n) is 2.86. The van der Waals surface area contributed by atoms with Gasteiger partial charge < -0.3 is 10.1 Å². The van der Waals surface area contributed by atoms with Gasteiger partial charge in [0, 0.05) is 12.1 Å². The lowest BCUT2D eigenvalue weighted by Gasteiger charge is -2.12. The van der Waals surface area contributed by atoms with Crippen LogP contribution in [-0.2, 0) is 6.54 Å². The van der Waals surface area contributed by atoms with Crippen LogP contribution in [0.2, 0.25) is 0 Å². The molecule has 0 saturated heterocycles. The van der Waals surface area contributed by atoms with E-state index in [1.54, 1.807) is 12.1 Å². The first-order chi connectivity index (χ1) is 9.76. The maximum atomic E-state index is 13.9. The second-order valence-electron chi connectivity index (χ2n) is 4.17. The smallest absolute Gasteiger partial charge is 0.145 e. The van der Waals surface area contributed by atoms with E-state index in [9.17, 15) is 4.39 Å². The molecule has 0 heterocycles. The predicted octanol–water partition coefficient (Wildman–Crippen LogP) is 3.71. The summed E-state index contributed by atoms with van der Waals surface area (Å²) in [6.45, 7) is 2.77. The van der Waals surface area contributed by atoms with Crippen molar-refractivity contribution < 1.29 is 9.13 Å². The van der Waals surface area contributed by atoms with Gasteiger partial charge in [-0.15, -0.1) is 0 Å². The lowest BCUT2D eigenvalue weighted by Crippen LogP contribution is -2.05. The Kier molecular flexibility index (Phi) is 4.56. The van der Waals surface area contributed by atoms with Gasteiger partial charge in [-0.3, -0.25) is 0 Å². The van der Waals surface area contributed by atoms with Crippen LogP contribution in [-0.4, -0.2) is 6.61 Å². The molecule has 0 spiro atoms. The van der Waals surface area contributed by atoms with Crippen molar-refractivity contribution in [2.24, 2.45) is 0 Å². The Morgan fingerprint density at radius 3 is 2.75 bits per heavy atom. The Labute approximate surface area is 117 Å². The highest BCUT2D eigenvalue weighted by Gasteiger charge is 2.08. The summed E-state index contributed by atoms with van der Waals surface area (Å²) in [5.41, 5.74) is 1.31. The Bertz CT molecular complexity index is 635. The van der Waals surface area contributed by atoms with Crippen molar-refractivity contribution in [2.75, 3.05) is 11.9 Å². The number of nitriles is 1. The molecule has 0 aliphatic rings. The van der Waals surface area contributed by atoms with Crippen molar-refractivity contribution in [1.29, 1.82) is 5.26 Å². The SMILES string of the molecule is CCOc1ccccc1NCc1cccc(C#N)c1F. The van der Waals surface area contributed by atoms with Crippen LogP contribution in [0.5, 0.6) is 5.75 Å². The molecule has 0 amide bonds. The number of hydrogen-bond acceptors (Lipinski definition) is 3. The van der Waals surface area contributed by atoms with Gasteiger partial charge in [-0.25, -0.2) is 4.39 Å². The second-order valence-corrected chi connectivity index (χ2v) is 4.17. The molecule has 0 bridgehead atoms. The van der Waals surface area contributed by atoms with Crippen molar-refractivity contribution in [3.63, 3.8) is 0 Å². The molecule has 0 fully saturated rings. The molecule has 0 aliphatic carbocycles. The molecule has 0 radical (unpaired) electrons. The van der Waals surface area contributed by atoms with Crippen LogP contribution < -0.4 is 10.1 Å². The summed E-state index contributed by atoms with van der Waals surface area (Å²) in [5.74, 6) is 0.253. The van der Waals surface area contributed by atoms with E-state index in [4.69, 9.17) is 10.00 Å². The molecule has 0 atom stereocenters. The van der Waals surface area contributed by atoms with E-state index < -0.39 is 5.82 Å². The largest absolute Gasteiger partial charge is 0.492 e. The molecule has 4 heteroatoms. The average molecular weight is 270 g/mol. The van der Waals surface area contributed by atoms with Gasteiger partial charge in [0.15, 0.2) is 0 Å². The van der Waals surface area contributed by atoms with Crippen molar-refractivity contribution in [3.8, 4) is 11.8 Å². The minimum Gasteiger partial charge on any atom is -0.492 e. The van der Waals surface area contributed by atoms with Gasteiger partial charge in [-0.2, -0.15) is 5.26 Å². The Morgan fingerprint density at radius 2 is 2.00 bits per heavy atom. The van der Waals surface area contributed by atoms with E-state index in [1.807, 2.05) is 37.3 Å². The molecule has 0 saturated carbocycles. The molecular weight excluding hydrogens is 255 g/mol. The van der Waals surface area contributed by atoms with Crippen LogP contribution >= 0.6 is 0 Å². The Morgan fingerprint density at radius 1 is 1.20 bits per heavy atom. The fraction of sp³-hybridized carbons (Fsp3) is 0.188. The van der Waals surface area contributed by atoms with Gasteiger partial charge in [0.2, 0.25) is 0 Å². The Hall–Kier alpha value is -2.54. The zero-order valence-electron chi connectivity index (χ0n) is 11.2. The fourth-order valence-corrected chi connectivity index (χ4v) is 1.89. The van der Waals surface area contributed by atoms with E-state index in [0.29, 0.717) is 18.7 Å². The fourth-order valence-electron chi connectivity index (χ4n) is 1.89. The van der Waals surface area contributed by atoms with E-state index in [1.165, 1.54) is 6.07 Å². The van der Waals surface area contributed by atoms with E-state index in [-0.39, 0.29) is 5.56 Å². The zero-order valence-corrected chi connectivity index (χ0v) is 11.2. The molecule has 0 aliphatic heterocycles. The monoisotopic (exact) mass is 270 g/mol. The molecule has 3 nitrogen and oxygen atoms in total. The van der Waals surface area contributed by atoms with Gasteiger partial charge in [-0.1, -0.05) is 24.3 Å². The Balaban J connectivity index is 2.15. The first kappa shape index (κ1) is 13.9. The lowest BCUT2D eigenvalue weighted by molar-refractivity contribution is 0.341. The summed E-state index contributed by atoms with van der Waals surface area (Å²) in [5, 5.41) is 11.9. The molecule has 2 aromatic rings. The molecule has 0 aromatic heterocycles. The minimum absolute atomic E-state index is 0.0578. The van der Waals surface area contributed by atoms with Crippen LogP contribution in [0.1, 0.15) is 18.1 Å². The summed E-state index contributed by atoms with van der Waals surface area (Å²) in [6.07, 6.45) is 0. The van der Waals surface area contributed by atoms with Crippen molar-refractivity contribution in [3.05, 3.63) is 59.4 Å². The number of para-hydroxylation sites is 2. The van der Waals surface area contributed by atoms with Crippen LogP contribution in [0.15, 0.2) is 42.5 Å². The predicted molar refractivity (Wildman–Crippen MR) is 76.1 cm³/mol. The van der Waals surface area contributed by atoms with E-state index in [0.717, 1.165) is 11.4 Å². The normalized spacial score (nSPS) is 9.85. The van der Waals surface area contributed by atoms with Crippen molar-refractivity contribution >= 4 is 5.69 Å². The van der Waals surface area contributed by atoms with E-state index in [2.05, 4.69) is 5.32 Å². The van der Waals surface area contributed by atoms with Crippen LogP contribution in [0, 0.1) is 17.1 Å². The van der Waals surface area contributed by atoms with E-state index >= 15 is 0 Å². The molecule has 2 aromatic carbocycles. The molecule has 102 valence electrons. The highest BCUT2D eigenvalue weighted by molar-refractivity contribution is 5.56. The third kappa shape index (κ3) is 3.07. The molecule has 2 rings (SSSR count). The van der Waals surface area contributed by atoms with Crippen LogP contribution in [0.25, 0.3) is 0 Å². The summed E-state index contributed by atoms with van der Waals surface area (Å²) in [6, 6.07) is 14.1. The standard InChI is InChI=1S/C16H15FN2O/c1-2-20-15-9-4-3-8-14(15)19-11-13-7-5-6-12(10-18)16(13)17/h3-9,19H,2,11H2,1H3. The average Bonchev–Trinajstić information content (AvgIpc) is 2.48. The highest BCUT2D eigenvalue weighted by atomic mass is 19.1. The summed E-state index contributed by atoms with van der Waals surface area (Å²) in [4.78, 5) is 0. The maximum absolute atomic E-state index is 13.9. The van der Waals surface area contributed by atoms with Gasteiger partial charge in [0.05, 0.1) is 17.9 Å². The van der Waals surface area contributed by atoms with Crippen molar-refractivity contribution in [2.45, 2.75) is 13.5 Å². The first-order valence-corrected chi connectivity index (χ1v) is 6.39. The number of halogens is 1. The van der Waals surface area contributed by atoms with Crippen LogP contribution in [0.4, 0.5) is 10.1 Å². The van der Waals surface area contributed by atoms with Gasteiger partial charge >= 0.3 is 0 Å². The topological polar surface area (TPSA) is 45.0 Å². The van der Waals surface area contributed by atoms with Gasteiger partial charge in [0.25, 0.3) is 0 Å². The summed E-state index contributed by atoms with van der Waals surface area (Å²) in [7, 11) is 0. The molecule has 20 heavy (non-hydrogen) atoms. The number of nitrogens with zero attached hydrogens (tertiary/aromatic N) is 1. The summed E-state index contributed by atoms with van der Waals surface area (Å²) < 4.78 is 19.4. The maximum Gasteiger partial charge on any atom is 0.145 e. The van der Waals surface area contributed by atoms with Crippen LogP contribution in [0.3, 0.4) is 0 Å². The number of rotatable bonds is 5. The third-order valence-corrected chi connectivity index (χ3v) is 2.86. The highest BCUT2D eigenvalue weighted by Crippen LogP contribution is 2.24. The molecule has 0 unspecified atom stereocenters. The molecule has 1 N–H and O–H groups in total.